The van der Waals surface area contributed by atoms with E-state index in [0.29, 0.717) is 12.8 Å². The van der Waals surface area contributed by atoms with Gasteiger partial charge in [0.05, 0.1) is 12.5 Å². The molecule has 0 unspecified atom stereocenters. The van der Waals surface area contributed by atoms with Crippen molar-refractivity contribution in [3.63, 3.8) is 0 Å². The molecule has 0 spiro atoms. The van der Waals surface area contributed by atoms with Crippen LogP contribution in [0.25, 0.3) is 10.8 Å². The Morgan fingerprint density at radius 1 is 1.19 bits per heavy atom. The number of hydrogen-bond donors (Lipinski definition) is 1. The number of fused-ring (bicyclic) bond motifs is 1. The highest BCUT2D eigenvalue weighted by Crippen LogP contribution is 2.29. The number of nitrogens with zero attached hydrogens (tertiary/aromatic N) is 1. The van der Waals surface area contributed by atoms with Crippen molar-refractivity contribution in [2.45, 2.75) is 56.8 Å². The molecule has 1 aromatic heterocycles. The van der Waals surface area contributed by atoms with E-state index in [1.165, 1.54) is 0 Å². The molecule has 3 rings (SSSR count). The SMILES string of the molecule is O=C(CCC(F)(F)F)NC1CCC(Oc2cccc3cnccc23)CC1. The molecular weight excluding hydrogens is 345 g/mol. The fourth-order valence-electron chi connectivity index (χ4n) is 3.26. The Kier molecular flexibility index (Phi) is 5.64. The van der Waals surface area contributed by atoms with Crippen LogP contribution in [0.4, 0.5) is 13.2 Å². The maximum atomic E-state index is 12.2. The number of alkyl halides is 3. The van der Waals surface area contributed by atoms with Gasteiger partial charge in [-0.25, -0.2) is 0 Å². The van der Waals surface area contributed by atoms with Crippen molar-refractivity contribution in [1.82, 2.24) is 10.3 Å². The van der Waals surface area contributed by atoms with E-state index < -0.39 is 24.9 Å². The zero-order chi connectivity index (χ0) is 18.6. The van der Waals surface area contributed by atoms with Crippen LogP contribution in [-0.4, -0.2) is 29.2 Å². The summed E-state index contributed by atoms with van der Waals surface area (Å²) in [6, 6.07) is 7.66. The van der Waals surface area contributed by atoms with Crippen LogP contribution in [0.3, 0.4) is 0 Å². The number of pyridine rings is 1. The first-order valence-corrected chi connectivity index (χ1v) is 8.76. The molecule has 1 amide bonds. The number of carbonyl (C=O) groups is 1. The van der Waals surface area contributed by atoms with Crippen LogP contribution in [0.1, 0.15) is 38.5 Å². The summed E-state index contributed by atoms with van der Waals surface area (Å²) in [7, 11) is 0. The van der Waals surface area contributed by atoms with Crippen LogP contribution in [0.2, 0.25) is 0 Å². The van der Waals surface area contributed by atoms with E-state index in [2.05, 4.69) is 10.3 Å². The van der Waals surface area contributed by atoms with Crippen molar-refractivity contribution < 1.29 is 22.7 Å². The lowest BCUT2D eigenvalue weighted by Crippen LogP contribution is -2.40. The quantitative estimate of drug-likeness (QED) is 0.854. The molecule has 1 heterocycles. The average Bonchev–Trinajstić information content (AvgIpc) is 2.61. The number of halogens is 3. The van der Waals surface area contributed by atoms with E-state index >= 15 is 0 Å². The highest BCUT2D eigenvalue weighted by molar-refractivity contribution is 5.87. The predicted molar refractivity (Wildman–Crippen MR) is 91.8 cm³/mol. The average molecular weight is 366 g/mol. The Morgan fingerprint density at radius 2 is 1.96 bits per heavy atom. The summed E-state index contributed by atoms with van der Waals surface area (Å²) in [4.78, 5) is 15.7. The minimum absolute atomic E-state index is 0.0390. The largest absolute Gasteiger partial charge is 0.490 e. The molecule has 26 heavy (non-hydrogen) atoms. The zero-order valence-corrected chi connectivity index (χ0v) is 14.3. The molecule has 0 bridgehead atoms. The number of ether oxygens (including phenoxy) is 1. The molecule has 1 fully saturated rings. The van der Waals surface area contributed by atoms with Gasteiger partial charge in [0.1, 0.15) is 5.75 Å². The van der Waals surface area contributed by atoms with Gasteiger partial charge < -0.3 is 10.1 Å². The first-order valence-electron chi connectivity index (χ1n) is 8.76. The van der Waals surface area contributed by atoms with E-state index in [1.54, 1.807) is 12.4 Å². The molecule has 140 valence electrons. The first-order chi connectivity index (χ1) is 12.4. The molecule has 0 radical (unpaired) electrons. The molecule has 1 saturated carbocycles. The van der Waals surface area contributed by atoms with Gasteiger partial charge in [0.2, 0.25) is 5.91 Å². The van der Waals surface area contributed by atoms with E-state index in [-0.39, 0.29) is 12.1 Å². The van der Waals surface area contributed by atoms with Gasteiger partial charge in [0.15, 0.2) is 0 Å². The molecule has 0 saturated heterocycles. The summed E-state index contributed by atoms with van der Waals surface area (Å²) in [6.07, 6.45) is 0.588. The Morgan fingerprint density at radius 3 is 2.69 bits per heavy atom. The lowest BCUT2D eigenvalue weighted by atomic mass is 9.92. The number of hydrogen-bond acceptors (Lipinski definition) is 3. The van der Waals surface area contributed by atoms with Gasteiger partial charge in [-0.2, -0.15) is 13.2 Å². The monoisotopic (exact) mass is 366 g/mol. The van der Waals surface area contributed by atoms with E-state index in [0.717, 1.165) is 29.4 Å². The van der Waals surface area contributed by atoms with Crippen LogP contribution in [0.5, 0.6) is 5.75 Å². The highest BCUT2D eigenvalue weighted by atomic mass is 19.4. The van der Waals surface area contributed by atoms with E-state index in [4.69, 9.17) is 4.74 Å². The Labute approximate surface area is 149 Å². The van der Waals surface area contributed by atoms with E-state index in [9.17, 15) is 18.0 Å². The van der Waals surface area contributed by atoms with E-state index in [1.807, 2.05) is 24.3 Å². The third-order valence-electron chi connectivity index (χ3n) is 4.61. The fraction of sp³-hybridized carbons (Fsp3) is 0.474. The Hall–Kier alpha value is -2.31. The molecule has 1 aliphatic carbocycles. The maximum absolute atomic E-state index is 12.2. The molecule has 4 nitrogen and oxygen atoms in total. The number of rotatable bonds is 5. The van der Waals surface area contributed by atoms with Gasteiger partial charge in [0, 0.05) is 35.6 Å². The van der Waals surface area contributed by atoms with Crippen LogP contribution in [0.15, 0.2) is 36.7 Å². The number of aromatic nitrogens is 1. The van der Waals surface area contributed by atoms with Crippen LogP contribution in [0, 0.1) is 0 Å². The lowest BCUT2D eigenvalue weighted by Gasteiger charge is -2.30. The number of amides is 1. The Bertz CT molecular complexity index is 751. The predicted octanol–water partition coefficient (Wildman–Crippen LogP) is 4.38. The maximum Gasteiger partial charge on any atom is 0.389 e. The molecule has 1 aliphatic rings. The molecule has 1 N–H and O–H groups in total. The molecule has 0 atom stereocenters. The molecule has 1 aromatic carbocycles. The van der Waals surface area contributed by atoms with Crippen molar-refractivity contribution in [2.75, 3.05) is 0 Å². The van der Waals surface area contributed by atoms with Crippen LogP contribution in [-0.2, 0) is 4.79 Å². The number of carbonyl (C=O) groups excluding carboxylic acids is 1. The number of nitrogens with one attached hydrogen (secondary N) is 1. The van der Waals surface area contributed by atoms with Gasteiger partial charge in [0.25, 0.3) is 0 Å². The summed E-state index contributed by atoms with van der Waals surface area (Å²) in [5.74, 6) is 0.274. The standard InChI is InChI=1S/C19H21F3N2O2/c20-19(21,22)10-8-18(25)24-14-4-6-15(7-5-14)26-17-3-1-2-13-12-23-11-9-16(13)17/h1-3,9,11-12,14-15H,4-8,10H2,(H,24,25). The zero-order valence-electron chi connectivity index (χ0n) is 14.3. The second-order valence-corrected chi connectivity index (χ2v) is 6.63. The van der Waals surface area contributed by atoms with Crippen molar-refractivity contribution in [1.29, 1.82) is 0 Å². The van der Waals surface area contributed by atoms with Crippen molar-refractivity contribution >= 4 is 16.7 Å². The molecular formula is C19H21F3N2O2. The van der Waals surface area contributed by atoms with Gasteiger partial charge in [-0.1, -0.05) is 12.1 Å². The van der Waals surface area contributed by atoms with Gasteiger partial charge in [-0.05, 0) is 37.8 Å². The number of benzene rings is 1. The summed E-state index contributed by atoms with van der Waals surface area (Å²) in [6.45, 7) is 0. The topological polar surface area (TPSA) is 51.2 Å². The minimum atomic E-state index is -4.29. The normalized spacial score (nSPS) is 20.7. The van der Waals surface area contributed by atoms with Gasteiger partial charge in [-0.3, -0.25) is 9.78 Å². The third-order valence-corrected chi connectivity index (χ3v) is 4.61. The summed E-state index contributed by atoms with van der Waals surface area (Å²) >= 11 is 0. The van der Waals surface area contributed by atoms with Crippen LogP contribution < -0.4 is 10.1 Å². The highest BCUT2D eigenvalue weighted by Gasteiger charge is 2.29. The summed E-state index contributed by atoms with van der Waals surface area (Å²) in [5.41, 5.74) is 0. The molecule has 2 aromatic rings. The van der Waals surface area contributed by atoms with Crippen molar-refractivity contribution in [3.05, 3.63) is 36.7 Å². The molecule has 7 heteroatoms. The molecule has 0 aliphatic heterocycles. The van der Waals surface area contributed by atoms with Gasteiger partial charge >= 0.3 is 6.18 Å². The second kappa shape index (κ2) is 7.93. The smallest absolute Gasteiger partial charge is 0.389 e. The van der Waals surface area contributed by atoms with Crippen molar-refractivity contribution in [3.8, 4) is 5.75 Å². The second-order valence-electron chi connectivity index (χ2n) is 6.63. The van der Waals surface area contributed by atoms with Crippen LogP contribution >= 0.6 is 0 Å². The lowest BCUT2D eigenvalue weighted by molar-refractivity contribution is -0.144. The summed E-state index contributed by atoms with van der Waals surface area (Å²) < 4.78 is 42.6. The fourth-order valence-corrected chi connectivity index (χ4v) is 3.26. The summed E-state index contributed by atoms with van der Waals surface area (Å²) in [5, 5.41) is 4.72. The van der Waals surface area contributed by atoms with Crippen molar-refractivity contribution in [2.24, 2.45) is 0 Å². The third kappa shape index (κ3) is 5.09. The van der Waals surface area contributed by atoms with Gasteiger partial charge in [-0.15, -0.1) is 0 Å². The minimum Gasteiger partial charge on any atom is -0.490 e. The first kappa shape index (κ1) is 18.5. The Balaban J connectivity index is 1.49.